The van der Waals surface area contributed by atoms with Crippen LogP contribution in [0.4, 0.5) is 0 Å². The van der Waals surface area contributed by atoms with Crippen LogP contribution in [0.3, 0.4) is 0 Å². The van der Waals surface area contributed by atoms with Crippen LogP contribution in [0.1, 0.15) is 50.3 Å². The smallest absolute Gasteiger partial charge is 0.234 e. The summed E-state index contributed by atoms with van der Waals surface area (Å²) >= 11 is 0. The van der Waals surface area contributed by atoms with Gasteiger partial charge in [0.15, 0.2) is 5.96 Å². The number of rotatable bonds is 6. The van der Waals surface area contributed by atoms with Crippen molar-refractivity contribution in [2.45, 2.75) is 59.0 Å². The van der Waals surface area contributed by atoms with Crippen LogP contribution in [0.25, 0.3) is 0 Å². The standard InChI is InChI=1S/C23H37N5O2/c1-4-24-23(28-13-11-27(12-14-28)16-22(30)26-17(2)3)25-15-20-19-8-6-5-7-18(19)9-10-21(20)29/h9-10,17,29H,4-8,11-16H2,1-3H3,(H,24,25)(H,26,30). The number of hydrogen-bond donors (Lipinski definition) is 3. The average Bonchev–Trinajstić information content (AvgIpc) is 2.72. The molecule has 3 rings (SSSR count). The molecule has 30 heavy (non-hydrogen) atoms. The van der Waals surface area contributed by atoms with Crippen molar-refractivity contribution in [3.05, 3.63) is 28.8 Å². The van der Waals surface area contributed by atoms with Crippen LogP contribution < -0.4 is 10.6 Å². The van der Waals surface area contributed by atoms with Gasteiger partial charge in [0, 0.05) is 44.3 Å². The van der Waals surface area contributed by atoms with E-state index in [1.54, 1.807) is 0 Å². The molecule has 0 radical (unpaired) electrons. The highest BCUT2D eigenvalue weighted by molar-refractivity contribution is 5.80. The van der Waals surface area contributed by atoms with Gasteiger partial charge in [0.05, 0.1) is 13.1 Å². The predicted molar refractivity (Wildman–Crippen MR) is 121 cm³/mol. The van der Waals surface area contributed by atoms with E-state index in [9.17, 15) is 9.90 Å². The molecule has 166 valence electrons. The minimum absolute atomic E-state index is 0.0864. The van der Waals surface area contributed by atoms with Gasteiger partial charge in [-0.15, -0.1) is 0 Å². The Morgan fingerprint density at radius 3 is 2.60 bits per heavy atom. The zero-order valence-corrected chi connectivity index (χ0v) is 18.7. The Morgan fingerprint density at radius 2 is 1.90 bits per heavy atom. The maximum absolute atomic E-state index is 12.0. The summed E-state index contributed by atoms with van der Waals surface area (Å²) in [5.41, 5.74) is 3.64. The van der Waals surface area contributed by atoms with Crippen molar-refractivity contribution in [2.24, 2.45) is 4.99 Å². The summed E-state index contributed by atoms with van der Waals surface area (Å²) < 4.78 is 0. The monoisotopic (exact) mass is 415 g/mol. The number of phenolic OH excluding ortho intramolecular Hbond substituents is 1. The lowest BCUT2D eigenvalue weighted by Gasteiger charge is -2.36. The molecule has 2 aliphatic rings. The van der Waals surface area contributed by atoms with E-state index in [4.69, 9.17) is 4.99 Å². The van der Waals surface area contributed by atoms with Crippen molar-refractivity contribution in [2.75, 3.05) is 39.3 Å². The van der Waals surface area contributed by atoms with Gasteiger partial charge in [0.25, 0.3) is 0 Å². The van der Waals surface area contributed by atoms with E-state index in [0.717, 1.165) is 57.1 Å². The first-order valence-electron chi connectivity index (χ1n) is 11.4. The molecule has 3 N–H and O–H groups in total. The van der Waals surface area contributed by atoms with E-state index in [2.05, 4.69) is 33.4 Å². The Morgan fingerprint density at radius 1 is 1.17 bits per heavy atom. The minimum Gasteiger partial charge on any atom is -0.508 e. The lowest BCUT2D eigenvalue weighted by molar-refractivity contribution is -0.123. The molecule has 0 saturated carbocycles. The zero-order valence-electron chi connectivity index (χ0n) is 18.7. The summed E-state index contributed by atoms with van der Waals surface area (Å²) in [6.07, 6.45) is 4.53. The number of nitrogens with one attached hydrogen (secondary N) is 2. The number of fused-ring (bicyclic) bond motifs is 1. The Kier molecular flexibility index (Phi) is 7.96. The normalized spacial score (nSPS) is 17.7. The zero-order chi connectivity index (χ0) is 21.5. The number of guanidine groups is 1. The molecule has 0 atom stereocenters. The van der Waals surface area contributed by atoms with Crippen molar-refractivity contribution in [1.29, 1.82) is 0 Å². The van der Waals surface area contributed by atoms with Gasteiger partial charge < -0.3 is 20.6 Å². The Labute approximate surface area is 180 Å². The number of hydrogen-bond acceptors (Lipinski definition) is 4. The molecule has 1 aliphatic carbocycles. The third-order valence-electron chi connectivity index (χ3n) is 5.84. The second-order valence-electron chi connectivity index (χ2n) is 8.56. The van der Waals surface area contributed by atoms with Crippen LogP contribution in [-0.2, 0) is 24.2 Å². The number of carbonyl (C=O) groups is 1. The number of aromatic hydroxyl groups is 1. The van der Waals surface area contributed by atoms with Gasteiger partial charge in [0.1, 0.15) is 5.75 Å². The maximum Gasteiger partial charge on any atom is 0.234 e. The molecule has 0 unspecified atom stereocenters. The van der Waals surface area contributed by atoms with Crippen molar-refractivity contribution in [3.8, 4) is 5.75 Å². The molecule has 0 bridgehead atoms. The van der Waals surface area contributed by atoms with E-state index in [-0.39, 0.29) is 11.9 Å². The second-order valence-corrected chi connectivity index (χ2v) is 8.56. The molecule has 1 amide bonds. The topological polar surface area (TPSA) is 80.2 Å². The summed E-state index contributed by atoms with van der Waals surface area (Å²) in [5.74, 6) is 1.33. The van der Waals surface area contributed by atoms with Crippen molar-refractivity contribution in [3.63, 3.8) is 0 Å². The lowest BCUT2D eigenvalue weighted by atomic mass is 9.88. The van der Waals surface area contributed by atoms with Crippen LogP contribution in [0.2, 0.25) is 0 Å². The highest BCUT2D eigenvalue weighted by Gasteiger charge is 2.22. The second kappa shape index (κ2) is 10.7. The quantitative estimate of drug-likeness (QED) is 0.488. The number of benzene rings is 1. The molecule has 1 aromatic rings. The molecule has 1 heterocycles. The van der Waals surface area contributed by atoms with E-state index in [1.807, 2.05) is 19.9 Å². The van der Waals surface area contributed by atoms with Crippen molar-refractivity contribution in [1.82, 2.24) is 20.4 Å². The third kappa shape index (κ3) is 5.88. The fourth-order valence-corrected chi connectivity index (χ4v) is 4.34. The number of carbonyl (C=O) groups excluding carboxylic acids is 1. The summed E-state index contributed by atoms with van der Waals surface area (Å²) in [6, 6.07) is 4.06. The Hall–Kier alpha value is -2.28. The van der Waals surface area contributed by atoms with Gasteiger partial charge in [-0.05, 0) is 63.6 Å². The highest BCUT2D eigenvalue weighted by atomic mass is 16.3. The molecule has 7 nitrogen and oxygen atoms in total. The van der Waals surface area contributed by atoms with E-state index >= 15 is 0 Å². The van der Waals surface area contributed by atoms with Gasteiger partial charge >= 0.3 is 0 Å². The lowest BCUT2D eigenvalue weighted by Crippen LogP contribution is -2.54. The SMILES string of the molecule is CCNC(=NCc1c(O)ccc2c1CCCC2)N1CCN(CC(=O)NC(C)C)CC1. The van der Waals surface area contributed by atoms with E-state index < -0.39 is 0 Å². The van der Waals surface area contributed by atoms with E-state index in [0.29, 0.717) is 18.8 Å². The van der Waals surface area contributed by atoms with E-state index in [1.165, 1.54) is 24.0 Å². The fraction of sp³-hybridized carbons (Fsp3) is 0.652. The molecule has 1 fully saturated rings. The van der Waals surface area contributed by atoms with Crippen LogP contribution in [0, 0.1) is 0 Å². The summed E-state index contributed by atoms with van der Waals surface area (Å²) in [7, 11) is 0. The molecule has 1 saturated heterocycles. The molecule has 1 aromatic carbocycles. The number of aryl methyl sites for hydroxylation is 1. The molecule has 7 heteroatoms. The average molecular weight is 416 g/mol. The molecule has 0 spiro atoms. The van der Waals surface area contributed by atoms with Gasteiger partial charge in [0.2, 0.25) is 5.91 Å². The summed E-state index contributed by atoms with van der Waals surface area (Å²) in [5, 5.41) is 16.8. The minimum atomic E-state index is 0.0864. The number of nitrogens with zero attached hydrogens (tertiary/aromatic N) is 3. The Bertz CT molecular complexity index is 754. The van der Waals surface area contributed by atoms with Crippen LogP contribution in [0.15, 0.2) is 17.1 Å². The first kappa shape index (κ1) is 22.4. The van der Waals surface area contributed by atoms with Gasteiger partial charge in [-0.1, -0.05) is 6.07 Å². The number of amides is 1. The Balaban J connectivity index is 1.63. The summed E-state index contributed by atoms with van der Waals surface area (Å²) in [4.78, 5) is 21.3. The van der Waals surface area contributed by atoms with Crippen LogP contribution in [0.5, 0.6) is 5.75 Å². The highest BCUT2D eigenvalue weighted by Crippen LogP contribution is 2.31. The first-order valence-corrected chi connectivity index (χ1v) is 11.4. The van der Waals surface area contributed by atoms with Gasteiger partial charge in [-0.2, -0.15) is 0 Å². The number of aliphatic imine (C=N–C) groups is 1. The fourth-order valence-electron chi connectivity index (χ4n) is 4.34. The van der Waals surface area contributed by atoms with Crippen LogP contribution >= 0.6 is 0 Å². The number of phenols is 1. The number of piperazine rings is 1. The first-order chi connectivity index (χ1) is 14.5. The maximum atomic E-state index is 12.0. The van der Waals surface area contributed by atoms with Gasteiger partial charge in [-0.25, -0.2) is 4.99 Å². The van der Waals surface area contributed by atoms with Gasteiger partial charge in [-0.3, -0.25) is 9.69 Å². The largest absolute Gasteiger partial charge is 0.508 e. The van der Waals surface area contributed by atoms with Crippen molar-refractivity contribution >= 4 is 11.9 Å². The summed E-state index contributed by atoms with van der Waals surface area (Å²) in [6.45, 7) is 11.1. The van der Waals surface area contributed by atoms with Crippen molar-refractivity contribution < 1.29 is 9.90 Å². The third-order valence-corrected chi connectivity index (χ3v) is 5.84. The molecule has 0 aromatic heterocycles. The van der Waals surface area contributed by atoms with Crippen LogP contribution in [-0.4, -0.2) is 72.1 Å². The molecular formula is C23H37N5O2. The molecular weight excluding hydrogens is 378 g/mol. The molecule has 1 aliphatic heterocycles. The predicted octanol–water partition coefficient (Wildman–Crippen LogP) is 1.88.